The Balaban J connectivity index is 1.83. The highest BCUT2D eigenvalue weighted by Crippen LogP contribution is 2.17. The van der Waals surface area contributed by atoms with Gasteiger partial charge in [0, 0.05) is 13.1 Å². The van der Waals surface area contributed by atoms with Gasteiger partial charge in [-0.2, -0.15) is 0 Å². The van der Waals surface area contributed by atoms with Crippen LogP contribution in [0.15, 0.2) is 24.3 Å². The second-order valence-corrected chi connectivity index (χ2v) is 5.49. The van der Waals surface area contributed by atoms with Crippen LogP contribution in [0.3, 0.4) is 0 Å². The van der Waals surface area contributed by atoms with Gasteiger partial charge >= 0.3 is 0 Å². The van der Waals surface area contributed by atoms with Crippen molar-refractivity contribution in [1.29, 1.82) is 0 Å². The molecule has 2 N–H and O–H groups in total. The average Bonchev–Trinajstić information content (AvgIpc) is 2.34. The highest BCUT2D eigenvalue weighted by molar-refractivity contribution is 5.77. The van der Waals surface area contributed by atoms with Gasteiger partial charge in [0.15, 0.2) is 0 Å². The molecule has 4 nitrogen and oxygen atoms in total. The SMILES string of the molecule is Cc1ccccc1C(C)NC(=O)COC1(C)CNC1. The van der Waals surface area contributed by atoms with E-state index in [4.69, 9.17) is 4.74 Å². The van der Waals surface area contributed by atoms with Gasteiger partial charge in [0.25, 0.3) is 0 Å². The molecule has 19 heavy (non-hydrogen) atoms. The molecule has 0 saturated carbocycles. The molecule has 1 fully saturated rings. The largest absolute Gasteiger partial charge is 0.363 e. The normalized spacial score (nSPS) is 18.5. The zero-order valence-electron chi connectivity index (χ0n) is 11.8. The van der Waals surface area contributed by atoms with E-state index in [1.165, 1.54) is 5.56 Å². The molecule has 2 rings (SSSR count). The fourth-order valence-corrected chi connectivity index (χ4v) is 2.25. The van der Waals surface area contributed by atoms with Crippen LogP contribution in [0.1, 0.15) is 31.0 Å². The highest BCUT2D eigenvalue weighted by Gasteiger charge is 2.33. The molecule has 1 aliphatic heterocycles. The number of nitrogens with one attached hydrogen (secondary N) is 2. The average molecular weight is 262 g/mol. The van der Waals surface area contributed by atoms with Gasteiger partial charge in [0.05, 0.1) is 11.6 Å². The topological polar surface area (TPSA) is 50.4 Å². The van der Waals surface area contributed by atoms with Gasteiger partial charge in [-0.25, -0.2) is 0 Å². The minimum Gasteiger partial charge on any atom is -0.363 e. The summed E-state index contributed by atoms with van der Waals surface area (Å²) in [7, 11) is 0. The van der Waals surface area contributed by atoms with Gasteiger partial charge in [-0.15, -0.1) is 0 Å². The van der Waals surface area contributed by atoms with Crippen LogP contribution < -0.4 is 10.6 Å². The Morgan fingerprint density at radius 3 is 2.74 bits per heavy atom. The van der Waals surface area contributed by atoms with E-state index in [1.807, 2.05) is 32.0 Å². The lowest BCUT2D eigenvalue weighted by Crippen LogP contribution is -2.59. The van der Waals surface area contributed by atoms with E-state index in [0.29, 0.717) is 0 Å². The van der Waals surface area contributed by atoms with E-state index in [0.717, 1.165) is 18.7 Å². The first-order valence-electron chi connectivity index (χ1n) is 6.70. The Morgan fingerprint density at radius 1 is 1.47 bits per heavy atom. The standard InChI is InChI=1S/C15H22N2O2/c1-11-6-4-5-7-13(11)12(2)17-14(18)8-19-15(3)9-16-10-15/h4-7,12,16H,8-10H2,1-3H3,(H,17,18). The lowest BCUT2D eigenvalue weighted by atomic mass is 10.0. The maximum atomic E-state index is 11.9. The van der Waals surface area contributed by atoms with Crippen LogP contribution >= 0.6 is 0 Å². The van der Waals surface area contributed by atoms with Gasteiger partial charge < -0.3 is 15.4 Å². The van der Waals surface area contributed by atoms with Crippen molar-refractivity contribution >= 4 is 5.91 Å². The fraction of sp³-hybridized carbons (Fsp3) is 0.533. The number of hydrogen-bond acceptors (Lipinski definition) is 3. The van der Waals surface area contributed by atoms with E-state index >= 15 is 0 Å². The number of rotatable bonds is 5. The summed E-state index contributed by atoms with van der Waals surface area (Å²) in [5.41, 5.74) is 2.15. The highest BCUT2D eigenvalue weighted by atomic mass is 16.5. The third-order valence-corrected chi connectivity index (χ3v) is 3.58. The number of amides is 1. The molecule has 1 unspecified atom stereocenters. The van der Waals surface area contributed by atoms with Crippen LogP contribution in [0.25, 0.3) is 0 Å². The summed E-state index contributed by atoms with van der Waals surface area (Å²) in [4.78, 5) is 11.9. The molecule has 104 valence electrons. The van der Waals surface area contributed by atoms with Gasteiger partial charge in [0.1, 0.15) is 6.61 Å². The maximum Gasteiger partial charge on any atom is 0.246 e. The molecule has 1 saturated heterocycles. The minimum atomic E-state index is -0.177. The molecular formula is C15H22N2O2. The number of carbonyl (C=O) groups excluding carboxylic acids is 1. The molecule has 1 amide bonds. The lowest BCUT2D eigenvalue weighted by molar-refractivity contribution is -0.136. The quantitative estimate of drug-likeness (QED) is 0.846. The fourth-order valence-electron chi connectivity index (χ4n) is 2.25. The van der Waals surface area contributed by atoms with Crippen LogP contribution in [0.5, 0.6) is 0 Å². The minimum absolute atomic E-state index is 0.00428. The van der Waals surface area contributed by atoms with E-state index in [2.05, 4.69) is 23.6 Å². The first-order chi connectivity index (χ1) is 9.00. The van der Waals surface area contributed by atoms with Gasteiger partial charge in [-0.3, -0.25) is 4.79 Å². The Bertz CT molecular complexity index is 455. The van der Waals surface area contributed by atoms with E-state index in [-0.39, 0.29) is 24.2 Å². The third kappa shape index (κ3) is 3.55. The molecule has 1 atom stereocenters. The summed E-state index contributed by atoms with van der Waals surface area (Å²) in [6, 6.07) is 8.08. The van der Waals surface area contributed by atoms with Gasteiger partial charge in [-0.05, 0) is 31.9 Å². The molecule has 0 radical (unpaired) electrons. The smallest absolute Gasteiger partial charge is 0.246 e. The Labute approximate surface area is 114 Å². The number of benzene rings is 1. The molecule has 1 aromatic rings. The maximum absolute atomic E-state index is 11.9. The van der Waals surface area contributed by atoms with Crippen LogP contribution in [0, 0.1) is 6.92 Å². The van der Waals surface area contributed by atoms with Crippen molar-refractivity contribution in [2.45, 2.75) is 32.4 Å². The zero-order chi connectivity index (χ0) is 13.9. The molecule has 1 aliphatic rings. The Hall–Kier alpha value is -1.39. The van der Waals surface area contributed by atoms with E-state index < -0.39 is 0 Å². The third-order valence-electron chi connectivity index (χ3n) is 3.58. The summed E-state index contributed by atoms with van der Waals surface area (Å²) in [6.45, 7) is 7.81. The number of ether oxygens (including phenoxy) is 1. The summed E-state index contributed by atoms with van der Waals surface area (Å²) >= 11 is 0. The second-order valence-electron chi connectivity index (χ2n) is 5.49. The van der Waals surface area contributed by atoms with Crippen LogP contribution in [-0.4, -0.2) is 31.2 Å². The first-order valence-corrected chi connectivity index (χ1v) is 6.70. The molecule has 1 heterocycles. The summed E-state index contributed by atoms with van der Waals surface area (Å²) < 4.78 is 5.62. The van der Waals surface area contributed by atoms with Crippen LogP contribution in [0.2, 0.25) is 0 Å². The number of aryl methyl sites for hydroxylation is 1. The van der Waals surface area contributed by atoms with Crippen molar-refractivity contribution in [2.75, 3.05) is 19.7 Å². The molecule has 0 bridgehead atoms. The van der Waals surface area contributed by atoms with Crippen molar-refractivity contribution in [3.63, 3.8) is 0 Å². The molecule has 1 aromatic carbocycles. The summed E-state index contributed by atoms with van der Waals surface area (Å²) in [5.74, 6) is -0.0659. The first kappa shape index (κ1) is 14.0. The summed E-state index contributed by atoms with van der Waals surface area (Å²) in [6.07, 6.45) is 0. The number of hydrogen-bond donors (Lipinski definition) is 2. The van der Waals surface area contributed by atoms with Crippen molar-refractivity contribution in [2.24, 2.45) is 0 Å². The Kier molecular flexibility index (Phi) is 4.22. The van der Waals surface area contributed by atoms with E-state index in [9.17, 15) is 4.79 Å². The second kappa shape index (κ2) is 5.72. The van der Waals surface area contributed by atoms with Crippen LogP contribution in [-0.2, 0) is 9.53 Å². The van der Waals surface area contributed by atoms with Crippen LogP contribution in [0.4, 0.5) is 0 Å². The summed E-state index contributed by atoms with van der Waals surface area (Å²) in [5, 5.41) is 6.12. The monoisotopic (exact) mass is 262 g/mol. The van der Waals surface area contributed by atoms with Crippen molar-refractivity contribution < 1.29 is 9.53 Å². The molecular weight excluding hydrogens is 240 g/mol. The molecule has 0 spiro atoms. The number of carbonyl (C=O) groups is 1. The molecule has 0 aliphatic carbocycles. The zero-order valence-corrected chi connectivity index (χ0v) is 11.8. The van der Waals surface area contributed by atoms with Crippen molar-refractivity contribution in [3.8, 4) is 0 Å². The predicted molar refractivity (Wildman–Crippen MR) is 75.0 cm³/mol. The lowest BCUT2D eigenvalue weighted by Gasteiger charge is -2.38. The molecule has 4 heteroatoms. The Morgan fingerprint density at radius 2 is 2.16 bits per heavy atom. The van der Waals surface area contributed by atoms with E-state index in [1.54, 1.807) is 0 Å². The van der Waals surface area contributed by atoms with Gasteiger partial charge in [0.2, 0.25) is 5.91 Å². The predicted octanol–water partition coefficient (Wildman–Crippen LogP) is 1.55. The van der Waals surface area contributed by atoms with Crippen molar-refractivity contribution in [1.82, 2.24) is 10.6 Å². The van der Waals surface area contributed by atoms with Crippen molar-refractivity contribution in [3.05, 3.63) is 35.4 Å². The molecule has 0 aromatic heterocycles. The van der Waals surface area contributed by atoms with Gasteiger partial charge in [-0.1, -0.05) is 24.3 Å².